The number of hydrogen-bond donors (Lipinski definition) is 2. The van der Waals surface area contributed by atoms with Gasteiger partial charge in [-0.1, -0.05) is 20.8 Å². The zero-order valence-corrected chi connectivity index (χ0v) is 11.7. The lowest BCUT2D eigenvalue weighted by Gasteiger charge is -2.17. The van der Waals surface area contributed by atoms with Gasteiger partial charge in [-0.15, -0.1) is 0 Å². The Morgan fingerprint density at radius 2 is 1.70 bits per heavy atom. The number of carbonyl (C=O) groups is 2. The van der Waals surface area contributed by atoms with Crippen LogP contribution >= 0.6 is 0 Å². The van der Waals surface area contributed by atoms with Crippen LogP contribution in [0.15, 0.2) is 18.2 Å². The molecule has 0 fully saturated rings. The Labute approximate surface area is 116 Å². The molecule has 110 valence electrons. The molecule has 0 aromatic heterocycles. The van der Waals surface area contributed by atoms with E-state index in [1.807, 2.05) is 0 Å². The van der Waals surface area contributed by atoms with Crippen molar-refractivity contribution in [3.63, 3.8) is 0 Å². The first kappa shape index (κ1) is 16.1. The average Bonchev–Trinajstić information content (AvgIpc) is 2.32. The summed E-state index contributed by atoms with van der Waals surface area (Å²) in [7, 11) is 0. The molecule has 20 heavy (non-hydrogen) atoms. The fourth-order valence-corrected chi connectivity index (χ4v) is 1.39. The van der Waals surface area contributed by atoms with E-state index in [-0.39, 0.29) is 24.6 Å². The highest BCUT2D eigenvalue weighted by atomic mass is 19.1. The van der Waals surface area contributed by atoms with Crippen molar-refractivity contribution in [1.82, 2.24) is 10.6 Å². The summed E-state index contributed by atoms with van der Waals surface area (Å²) in [5.41, 5.74) is -0.735. The van der Waals surface area contributed by atoms with Gasteiger partial charge < -0.3 is 10.6 Å². The molecule has 0 saturated heterocycles. The van der Waals surface area contributed by atoms with Crippen LogP contribution in [0.1, 0.15) is 31.1 Å². The monoisotopic (exact) mass is 284 g/mol. The number of hydrogen-bond acceptors (Lipinski definition) is 2. The maximum atomic E-state index is 13.3. The second-order valence-corrected chi connectivity index (χ2v) is 5.39. The van der Waals surface area contributed by atoms with Crippen molar-refractivity contribution < 1.29 is 18.4 Å². The third-order valence-electron chi connectivity index (χ3n) is 2.55. The van der Waals surface area contributed by atoms with Gasteiger partial charge in [0.1, 0.15) is 11.6 Å². The molecule has 0 saturated carbocycles. The van der Waals surface area contributed by atoms with Crippen LogP contribution in [0.4, 0.5) is 8.78 Å². The summed E-state index contributed by atoms with van der Waals surface area (Å²) in [4.78, 5) is 23.2. The van der Waals surface area contributed by atoms with Gasteiger partial charge in [-0.2, -0.15) is 0 Å². The predicted octanol–water partition coefficient (Wildman–Crippen LogP) is 1.86. The van der Waals surface area contributed by atoms with E-state index in [1.165, 1.54) is 0 Å². The van der Waals surface area contributed by atoms with Crippen molar-refractivity contribution >= 4 is 11.8 Å². The van der Waals surface area contributed by atoms with Crippen LogP contribution < -0.4 is 10.6 Å². The van der Waals surface area contributed by atoms with Crippen molar-refractivity contribution in [2.75, 3.05) is 13.1 Å². The van der Waals surface area contributed by atoms with Crippen LogP contribution in [-0.2, 0) is 4.79 Å². The van der Waals surface area contributed by atoms with Crippen molar-refractivity contribution in [3.8, 4) is 0 Å². The molecule has 0 unspecified atom stereocenters. The van der Waals surface area contributed by atoms with Gasteiger partial charge in [0.2, 0.25) is 5.91 Å². The van der Waals surface area contributed by atoms with Crippen molar-refractivity contribution in [3.05, 3.63) is 35.4 Å². The van der Waals surface area contributed by atoms with Crippen LogP contribution in [0.25, 0.3) is 0 Å². The fourth-order valence-electron chi connectivity index (χ4n) is 1.39. The van der Waals surface area contributed by atoms with E-state index in [0.29, 0.717) is 6.07 Å². The summed E-state index contributed by atoms with van der Waals surface area (Å²) < 4.78 is 26.0. The van der Waals surface area contributed by atoms with Gasteiger partial charge in [-0.25, -0.2) is 8.78 Å². The number of carbonyl (C=O) groups excluding carboxylic acids is 2. The minimum atomic E-state index is -0.916. The standard InChI is InChI=1S/C14H18F2N2O2/c1-14(2,3)13(20)18-7-6-17-12(19)10-5-4-9(15)8-11(10)16/h4-5,8H,6-7H2,1-3H3,(H,17,19)(H,18,20). The van der Waals surface area contributed by atoms with E-state index in [2.05, 4.69) is 10.6 Å². The molecule has 0 radical (unpaired) electrons. The normalized spacial score (nSPS) is 11.1. The highest BCUT2D eigenvalue weighted by Gasteiger charge is 2.20. The van der Waals surface area contributed by atoms with Gasteiger partial charge in [0.15, 0.2) is 0 Å². The topological polar surface area (TPSA) is 58.2 Å². The molecule has 0 atom stereocenters. The van der Waals surface area contributed by atoms with Gasteiger partial charge in [0.05, 0.1) is 5.56 Å². The molecule has 0 aliphatic carbocycles. The lowest BCUT2D eigenvalue weighted by atomic mass is 9.96. The SMILES string of the molecule is CC(C)(C)C(=O)NCCNC(=O)c1ccc(F)cc1F. The predicted molar refractivity (Wildman–Crippen MR) is 71.2 cm³/mol. The summed E-state index contributed by atoms with van der Waals surface area (Å²) in [5.74, 6) is -2.44. The van der Waals surface area contributed by atoms with Gasteiger partial charge >= 0.3 is 0 Å². The number of benzene rings is 1. The molecule has 0 spiro atoms. The maximum Gasteiger partial charge on any atom is 0.254 e. The van der Waals surface area contributed by atoms with E-state index in [9.17, 15) is 18.4 Å². The Kier molecular flexibility index (Phi) is 5.19. The van der Waals surface area contributed by atoms with Crippen LogP contribution in [0.2, 0.25) is 0 Å². The van der Waals surface area contributed by atoms with Crippen LogP contribution in [0.3, 0.4) is 0 Å². The van der Waals surface area contributed by atoms with Crippen molar-refractivity contribution in [2.24, 2.45) is 5.41 Å². The lowest BCUT2D eigenvalue weighted by molar-refractivity contribution is -0.128. The van der Waals surface area contributed by atoms with Gasteiger partial charge in [-0.05, 0) is 12.1 Å². The second-order valence-electron chi connectivity index (χ2n) is 5.39. The summed E-state index contributed by atoms with van der Waals surface area (Å²) in [5, 5.41) is 5.10. The van der Waals surface area contributed by atoms with E-state index < -0.39 is 23.0 Å². The number of amides is 2. The molecule has 0 aliphatic heterocycles. The fraction of sp³-hybridized carbons (Fsp3) is 0.429. The first-order chi connectivity index (χ1) is 9.21. The molecule has 6 heteroatoms. The average molecular weight is 284 g/mol. The molecule has 1 rings (SSSR count). The smallest absolute Gasteiger partial charge is 0.254 e. The third-order valence-corrected chi connectivity index (χ3v) is 2.55. The number of nitrogens with one attached hydrogen (secondary N) is 2. The Morgan fingerprint density at radius 3 is 2.25 bits per heavy atom. The molecule has 0 bridgehead atoms. The molecule has 2 N–H and O–H groups in total. The Morgan fingerprint density at radius 1 is 1.10 bits per heavy atom. The maximum absolute atomic E-state index is 13.3. The molecular formula is C14H18F2N2O2. The van der Waals surface area contributed by atoms with Crippen LogP contribution in [0, 0.1) is 17.0 Å². The highest BCUT2D eigenvalue weighted by Crippen LogP contribution is 2.12. The molecular weight excluding hydrogens is 266 g/mol. The van der Waals surface area contributed by atoms with E-state index in [4.69, 9.17) is 0 Å². The zero-order valence-electron chi connectivity index (χ0n) is 11.7. The minimum absolute atomic E-state index is 0.139. The number of halogens is 2. The summed E-state index contributed by atoms with van der Waals surface area (Å²) in [6.45, 7) is 5.72. The molecule has 1 aromatic rings. The zero-order chi connectivity index (χ0) is 15.3. The largest absolute Gasteiger partial charge is 0.354 e. The van der Waals surface area contributed by atoms with Crippen molar-refractivity contribution in [1.29, 1.82) is 0 Å². The first-order valence-corrected chi connectivity index (χ1v) is 6.23. The molecule has 4 nitrogen and oxygen atoms in total. The Bertz CT molecular complexity index is 510. The Hall–Kier alpha value is -1.98. The summed E-state index contributed by atoms with van der Waals surface area (Å²) >= 11 is 0. The minimum Gasteiger partial charge on any atom is -0.354 e. The van der Waals surface area contributed by atoms with E-state index in [1.54, 1.807) is 20.8 Å². The third kappa shape index (κ3) is 4.60. The van der Waals surface area contributed by atoms with Gasteiger partial charge in [0, 0.05) is 24.6 Å². The summed E-state index contributed by atoms with van der Waals surface area (Å²) in [6, 6.07) is 2.74. The van der Waals surface area contributed by atoms with Crippen LogP contribution in [0.5, 0.6) is 0 Å². The first-order valence-electron chi connectivity index (χ1n) is 6.23. The Balaban J connectivity index is 2.43. The molecule has 1 aromatic carbocycles. The van der Waals surface area contributed by atoms with Crippen molar-refractivity contribution in [2.45, 2.75) is 20.8 Å². The molecule has 2 amide bonds. The van der Waals surface area contributed by atoms with Gasteiger partial charge in [0.25, 0.3) is 5.91 Å². The molecule has 0 aliphatic rings. The molecule has 0 heterocycles. The van der Waals surface area contributed by atoms with E-state index in [0.717, 1.165) is 12.1 Å². The lowest BCUT2D eigenvalue weighted by Crippen LogP contribution is -2.40. The number of rotatable bonds is 4. The second kappa shape index (κ2) is 6.45. The quantitative estimate of drug-likeness (QED) is 0.829. The highest BCUT2D eigenvalue weighted by molar-refractivity contribution is 5.94. The van der Waals surface area contributed by atoms with Crippen LogP contribution in [-0.4, -0.2) is 24.9 Å². The van der Waals surface area contributed by atoms with E-state index >= 15 is 0 Å². The van der Waals surface area contributed by atoms with Gasteiger partial charge in [-0.3, -0.25) is 9.59 Å². The summed E-state index contributed by atoms with van der Waals surface area (Å²) in [6.07, 6.45) is 0.